The van der Waals surface area contributed by atoms with Crippen molar-refractivity contribution < 1.29 is 9.59 Å². The number of piperazine rings is 1. The average molecular weight is 417 g/mol. The maximum atomic E-state index is 12.5. The van der Waals surface area contributed by atoms with Gasteiger partial charge in [0.1, 0.15) is 6.54 Å². The van der Waals surface area contributed by atoms with Crippen molar-refractivity contribution in [2.75, 3.05) is 26.2 Å². The van der Waals surface area contributed by atoms with Gasteiger partial charge in [-0.25, -0.2) is 0 Å². The van der Waals surface area contributed by atoms with Crippen LogP contribution in [0.1, 0.15) is 9.67 Å². The third kappa shape index (κ3) is 4.05. The summed E-state index contributed by atoms with van der Waals surface area (Å²) in [5, 5.41) is 14.7. The fourth-order valence-electron chi connectivity index (χ4n) is 2.99. The van der Waals surface area contributed by atoms with E-state index in [9.17, 15) is 9.59 Å². The molecule has 144 valence electrons. The first kappa shape index (κ1) is 18.6. The van der Waals surface area contributed by atoms with E-state index >= 15 is 0 Å². The molecule has 0 N–H and O–H groups in total. The highest BCUT2D eigenvalue weighted by molar-refractivity contribution is 7.12. The van der Waals surface area contributed by atoms with E-state index in [0.29, 0.717) is 37.0 Å². The molecule has 4 rings (SSSR count). The Morgan fingerprint density at radius 1 is 1.07 bits per heavy atom. The second-order valence-electron chi connectivity index (χ2n) is 6.30. The van der Waals surface area contributed by atoms with Gasteiger partial charge in [0.2, 0.25) is 11.7 Å². The van der Waals surface area contributed by atoms with Crippen LogP contribution in [-0.2, 0) is 11.3 Å². The molecule has 0 saturated carbocycles. The molecule has 2 aromatic heterocycles. The molecule has 0 unspecified atom stereocenters. The van der Waals surface area contributed by atoms with Crippen molar-refractivity contribution >= 4 is 34.8 Å². The summed E-state index contributed by atoms with van der Waals surface area (Å²) < 4.78 is 0. The summed E-state index contributed by atoms with van der Waals surface area (Å²) in [7, 11) is 0. The summed E-state index contributed by atoms with van der Waals surface area (Å²) in [5.74, 6) is 0.339. The Balaban J connectivity index is 1.33. The van der Waals surface area contributed by atoms with Crippen molar-refractivity contribution in [2.24, 2.45) is 0 Å². The summed E-state index contributed by atoms with van der Waals surface area (Å²) in [6, 6.07) is 10.8. The zero-order chi connectivity index (χ0) is 19.5. The first-order valence-electron chi connectivity index (χ1n) is 8.74. The summed E-state index contributed by atoms with van der Waals surface area (Å²) in [4.78, 5) is 30.4. The van der Waals surface area contributed by atoms with Crippen molar-refractivity contribution in [3.05, 3.63) is 51.7 Å². The molecule has 1 fully saturated rings. The smallest absolute Gasteiger partial charge is 0.264 e. The minimum atomic E-state index is -0.0988. The van der Waals surface area contributed by atoms with Gasteiger partial charge in [0.25, 0.3) is 5.91 Å². The molecule has 1 aromatic carbocycles. The van der Waals surface area contributed by atoms with E-state index in [4.69, 9.17) is 11.6 Å². The SMILES string of the molecule is O=C(Cn1nnc(-c2cccc(Cl)c2)n1)N1CCN(C(=O)c2cccs2)CC1. The summed E-state index contributed by atoms with van der Waals surface area (Å²) >= 11 is 7.41. The van der Waals surface area contributed by atoms with Crippen LogP contribution in [-0.4, -0.2) is 68.0 Å². The van der Waals surface area contributed by atoms with Crippen molar-refractivity contribution in [1.82, 2.24) is 30.0 Å². The van der Waals surface area contributed by atoms with Crippen LogP contribution in [0.15, 0.2) is 41.8 Å². The van der Waals surface area contributed by atoms with Gasteiger partial charge in [0, 0.05) is 36.8 Å². The minimum absolute atomic E-state index is 0.00639. The molecule has 3 heterocycles. The number of amides is 2. The Morgan fingerprint density at radius 3 is 2.57 bits per heavy atom. The number of benzene rings is 1. The van der Waals surface area contributed by atoms with Gasteiger partial charge in [-0.15, -0.1) is 21.5 Å². The maximum Gasteiger partial charge on any atom is 0.264 e. The highest BCUT2D eigenvalue weighted by atomic mass is 35.5. The number of rotatable bonds is 4. The normalized spacial score (nSPS) is 14.3. The predicted octanol–water partition coefficient (Wildman–Crippen LogP) is 2.04. The molecule has 1 saturated heterocycles. The summed E-state index contributed by atoms with van der Waals surface area (Å²) in [6.45, 7) is 2.02. The van der Waals surface area contributed by atoms with Crippen molar-refractivity contribution in [1.29, 1.82) is 0 Å². The number of thiophene rings is 1. The molecule has 28 heavy (non-hydrogen) atoms. The average Bonchev–Trinajstić information content (AvgIpc) is 3.40. The number of nitrogens with zero attached hydrogens (tertiary/aromatic N) is 6. The topological polar surface area (TPSA) is 84.2 Å². The summed E-state index contributed by atoms with van der Waals surface area (Å²) in [6.07, 6.45) is 0. The Hall–Kier alpha value is -2.78. The van der Waals surface area contributed by atoms with Crippen molar-refractivity contribution in [3.8, 4) is 11.4 Å². The third-order valence-corrected chi connectivity index (χ3v) is 5.56. The van der Waals surface area contributed by atoms with E-state index in [1.54, 1.807) is 28.0 Å². The molecule has 2 amide bonds. The standard InChI is InChI=1S/C18H17ClN6O2S/c19-14-4-1-3-13(11-14)17-20-22-25(21-17)12-16(26)23-6-8-24(9-7-23)18(27)15-5-2-10-28-15/h1-5,10-11H,6-9,12H2. The Morgan fingerprint density at radius 2 is 1.86 bits per heavy atom. The van der Waals surface area contributed by atoms with Crippen molar-refractivity contribution in [3.63, 3.8) is 0 Å². The second-order valence-corrected chi connectivity index (χ2v) is 7.69. The van der Waals surface area contributed by atoms with Gasteiger partial charge < -0.3 is 9.80 Å². The largest absolute Gasteiger partial charge is 0.337 e. The molecule has 0 spiro atoms. The Bertz CT molecular complexity index is 982. The van der Waals surface area contributed by atoms with Crippen LogP contribution in [0.3, 0.4) is 0 Å². The lowest BCUT2D eigenvalue weighted by Gasteiger charge is -2.34. The van der Waals surface area contributed by atoms with Gasteiger partial charge >= 0.3 is 0 Å². The first-order valence-corrected chi connectivity index (χ1v) is 10.0. The predicted molar refractivity (Wildman–Crippen MR) is 105 cm³/mol. The van der Waals surface area contributed by atoms with E-state index in [-0.39, 0.29) is 18.4 Å². The fraction of sp³-hybridized carbons (Fsp3) is 0.278. The Labute approximate surface area is 170 Å². The fourth-order valence-corrected chi connectivity index (χ4v) is 3.87. The monoisotopic (exact) mass is 416 g/mol. The van der Waals surface area contributed by atoms with Gasteiger partial charge in [0.05, 0.1) is 4.88 Å². The number of hydrogen-bond donors (Lipinski definition) is 0. The molecule has 3 aromatic rings. The third-order valence-electron chi connectivity index (χ3n) is 4.46. The molecule has 8 nitrogen and oxygen atoms in total. The first-order chi connectivity index (χ1) is 13.6. The highest BCUT2D eigenvalue weighted by Gasteiger charge is 2.25. The number of halogens is 1. The zero-order valence-electron chi connectivity index (χ0n) is 14.9. The summed E-state index contributed by atoms with van der Waals surface area (Å²) in [5.41, 5.74) is 0.743. The maximum absolute atomic E-state index is 12.5. The van der Waals surface area contributed by atoms with Crippen LogP contribution in [0.4, 0.5) is 0 Å². The number of carbonyl (C=O) groups excluding carboxylic acids is 2. The van der Waals surface area contributed by atoms with Crippen LogP contribution in [0.2, 0.25) is 5.02 Å². The van der Waals surface area contributed by atoms with E-state index in [1.165, 1.54) is 16.1 Å². The highest BCUT2D eigenvalue weighted by Crippen LogP contribution is 2.18. The van der Waals surface area contributed by atoms with Gasteiger partial charge in [-0.1, -0.05) is 29.8 Å². The van der Waals surface area contributed by atoms with Gasteiger partial charge in [-0.05, 0) is 28.8 Å². The molecule has 0 aliphatic carbocycles. The number of tetrazole rings is 1. The van der Waals surface area contributed by atoms with Crippen LogP contribution in [0.25, 0.3) is 11.4 Å². The van der Waals surface area contributed by atoms with Gasteiger partial charge in [-0.3, -0.25) is 9.59 Å². The van der Waals surface area contributed by atoms with E-state index in [1.807, 2.05) is 23.6 Å². The molecule has 1 aliphatic rings. The van der Waals surface area contributed by atoms with E-state index < -0.39 is 0 Å². The van der Waals surface area contributed by atoms with Crippen LogP contribution in [0.5, 0.6) is 0 Å². The number of aromatic nitrogens is 4. The zero-order valence-corrected chi connectivity index (χ0v) is 16.4. The number of carbonyl (C=O) groups is 2. The van der Waals surface area contributed by atoms with Crippen molar-refractivity contribution in [2.45, 2.75) is 6.54 Å². The minimum Gasteiger partial charge on any atom is -0.337 e. The molecular formula is C18H17ClN6O2S. The number of hydrogen-bond acceptors (Lipinski definition) is 6. The van der Waals surface area contributed by atoms with Crippen LogP contribution >= 0.6 is 22.9 Å². The van der Waals surface area contributed by atoms with Crippen LogP contribution < -0.4 is 0 Å². The van der Waals surface area contributed by atoms with Gasteiger partial charge in [-0.2, -0.15) is 4.80 Å². The molecule has 10 heteroatoms. The lowest BCUT2D eigenvalue weighted by molar-refractivity contribution is -0.133. The molecule has 0 atom stereocenters. The van der Waals surface area contributed by atoms with Crippen LogP contribution in [0, 0.1) is 0 Å². The lowest BCUT2D eigenvalue weighted by Crippen LogP contribution is -2.51. The molecule has 0 radical (unpaired) electrons. The van der Waals surface area contributed by atoms with E-state index in [2.05, 4.69) is 15.4 Å². The molecule has 0 bridgehead atoms. The molecular weight excluding hydrogens is 400 g/mol. The van der Waals surface area contributed by atoms with E-state index in [0.717, 1.165) is 10.4 Å². The van der Waals surface area contributed by atoms with Gasteiger partial charge in [0.15, 0.2) is 0 Å². The second kappa shape index (κ2) is 8.07. The lowest BCUT2D eigenvalue weighted by atomic mass is 10.2. The molecule has 1 aliphatic heterocycles. The quantitative estimate of drug-likeness (QED) is 0.649. The Kier molecular flexibility index (Phi) is 5.36.